The summed E-state index contributed by atoms with van der Waals surface area (Å²) in [6.45, 7) is 0.348. The van der Waals surface area contributed by atoms with Gasteiger partial charge in [0.2, 0.25) is 17.3 Å². The van der Waals surface area contributed by atoms with Crippen molar-refractivity contribution >= 4 is 6.03 Å². The summed E-state index contributed by atoms with van der Waals surface area (Å²) in [5, 5.41) is 8.97. The van der Waals surface area contributed by atoms with Crippen molar-refractivity contribution in [3.8, 4) is 11.4 Å². The zero-order valence-electron chi connectivity index (χ0n) is 11.9. The third-order valence-corrected chi connectivity index (χ3v) is 2.90. The lowest BCUT2D eigenvalue weighted by atomic mass is 10.2. The van der Waals surface area contributed by atoms with Crippen molar-refractivity contribution in [1.29, 1.82) is 0 Å². The van der Waals surface area contributed by atoms with E-state index in [-0.39, 0.29) is 30.4 Å². The highest BCUT2D eigenvalue weighted by Gasteiger charge is 2.10. The van der Waals surface area contributed by atoms with Crippen molar-refractivity contribution in [2.45, 2.75) is 13.1 Å². The van der Waals surface area contributed by atoms with Crippen LogP contribution < -0.4 is 16.2 Å². The van der Waals surface area contributed by atoms with E-state index in [1.165, 1.54) is 18.5 Å². The van der Waals surface area contributed by atoms with Gasteiger partial charge in [0.25, 0.3) is 0 Å². The van der Waals surface area contributed by atoms with Gasteiger partial charge in [-0.1, -0.05) is 5.16 Å². The highest BCUT2D eigenvalue weighted by atomic mass is 16.5. The van der Waals surface area contributed by atoms with E-state index in [1.807, 2.05) is 0 Å². The van der Waals surface area contributed by atoms with Crippen LogP contribution in [0, 0.1) is 0 Å². The Balaban J connectivity index is 1.53. The summed E-state index contributed by atoms with van der Waals surface area (Å²) < 4.78 is 10.1. The van der Waals surface area contributed by atoms with Gasteiger partial charge in [-0.25, -0.2) is 4.79 Å². The third-order valence-electron chi connectivity index (χ3n) is 2.90. The Labute approximate surface area is 129 Å². The molecule has 0 aliphatic rings. The number of urea groups is 1. The predicted octanol–water partition coefficient (Wildman–Crippen LogP) is 1.02. The molecule has 0 aliphatic carbocycles. The number of rotatable bonds is 5. The van der Waals surface area contributed by atoms with Crippen LogP contribution in [0.5, 0.6) is 0 Å². The molecule has 0 saturated carbocycles. The summed E-state index contributed by atoms with van der Waals surface area (Å²) in [7, 11) is 0. The molecule has 0 atom stereocenters. The first-order chi connectivity index (χ1) is 11.2. The number of H-pyrrole nitrogens is 1. The molecule has 3 rings (SSSR count). The van der Waals surface area contributed by atoms with Crippen LogP contribution in [0.15, 0.2) is 50.5 Å². The molecule has 3 heterocycles. The lowest BCUT2D eigenvalue weighted by Gasteiger charge is -2.03. The molecule has 2 amide bonds. The second kappa shape index (κ2) is 6.60. The lowest BCUT2D eigenvalue weighted by molar-refractivity contribution is 0.237. The van der Waals surface area contributed by atoms with Crippen LogP contribution in [0.25, 0.3) is 11.4 Å². The number of furan rings is 1. The molecule has 0 bridgehead atoms. The highest BCUT2D eigenvalue weighted by Crippen LogP contribution is 2.12. The molecule has 23 heavy (non-hydrogen) atoms. The largest absolute Gasteiger partial charge is 0.467 e. The molecule has 0 unspecified atom stereocenters. The number of hydrogen-bond donors (Lipinski definition) is 3. The van der Waals surface area contributed by atoms with Gasteiger partial charge in [0.15, 0.2) is 0 Å². The maximum atomic E-state index is 11.6. The van der Waals surface area contributed by atoms with Crippen LogP contribution in [-0.4, -0.2) is 21.2 Å². The van der Waals surface area contributed by atoms with Crippen LogP contribution in [0.4, 0.5) is 4.79 Å². The summed E-state index contributed by atoms with van der Waals surface area (Å²) >= 11 is 0. The number of nitrogens with zero attached hydrogens (tertiary/aromatic N) is 2. The maximum absolute atomic E-state index is 11.6. The molecule has 3 aromatic heterocycles. The minimum atomic E-state index is -0.391. The maximum Gasteiger partial charge on any atom is 0.315 e. The van der Waals surface area contributed by atoms with Crippen molar-refractivity contribution in [1.82, 2.24) is 25.8 Å². The Hall–Kier alpha value is -3.36. The van der Waals surface area contributed by atoms with E-state index in [4.69, 9.17) is 8.94 Å². The quantitative estimate of drug-likeness (QED) is 0.645. The molecule has 9 nitrogen and oxygen atoms in total. The Morgan fingerprint density at radius 1 is 1.26 bits per heavy atom. The van der Waals surface area contributed by atoms with Crippen LogP contribution in [0.3, 0.4) is 0 Å². The van der Waals surface area contributed by atoms with Crippen molar-refractivity contribution in [3.63, 3.8) is 0 Å². The third kappa shape index (κ3) is 3.84. The number of aromatic nitrogens is 3. The molecule has 3 N–H and O–H groups in total. The Morgan fingerprint density at radius 2 is 2.13 bits per heavy atom. The first kappa shape index (κ1) is 14.6. The summed E-state index contributed by atoms with van der Waals surface area (Å²) in [4.78, 5) is 29.5. The number of amides is 2. The first-order valence-electron chi connectivity index (χ1n) is 6.76. The summed E-state index contributed by atoms with van der Waals surface area (Å²) in [5.74, 6) is 1.16. The minimum absolute atomic E-state index is 0.0696. The van der Waals surface area contributed by atoms with Gasteiger partial charge in [-0.15, -0.1) is 0 Å². The second-order valence-corrected chi connectivity index (χ2v) is 4.57. The molecule has 0 radical (unpaired) electrons. The molecule has 9 heteroatoms. The number of pyridine rings is 1. The van der Waals surface area contributed by atoms with E-state index >= 15 is 0 Å². The molecular weight excluding hydrogens is 302 g/mol. The monoisotopic (exact) mass is 315 g/mol. The van der Waals surface area contributed by atoms with Gasteiger partial charge in [0, 0.05) is 17.8 Å². The molecule has 3 aromatic rings. The van der Waals surface area contributed by atoms with Crippen LogP contribution in [0.2, 0.25) is 0 Å². The van der Waals surface area contributed by atoms with E-state index < -0.39 is 6.03 Å². The molecule has 0 spiro atoms. The lowest BCUT2D eigenvalue weighted by Crippen LogP contribution is -2.34. The normalized spacial score (nSPS) is 10.4. The van der Waals surface area contributed by atoms with Gasteiger partial charge in [-0.3, -0.25) is 4.79 Å². The van der Waals surface area contributed by atoms with Crippen molar-refractivity contribution in [3.05, 3.63) is 58.7 Å². The zero-order valence-corrected chi connectivity index (χ0v) is 11.9. The minimum Gasteiger partial charge on any atom is -0.467 e. The molecule has 0 aromatic carbocycles. The highest BCUT2D eigenvalue weighted by molar-refractivity contribution is 5.73. The van der Waals surface area contributed by atoms with Gasteiger partial charge < -0.3 is 24.6 Å². The van der Waals surface area contributed by atoms with Gasteiger partial charge in [-0.2, -0.15) is 4.98 Å². The zero-order chi connectivity index (χ0) is 16.1. The molecular formula is C14H13N5O4. The first-order valence-corrected chi connectivity index (χ1v) is 6.76. The fourth-order valence-electron chi connectivity index (χ4n) is 1.83. The van der Waals surface area contributed by atoms with E-state index in [0.717, 1.165) is 0 Å². The van der Waals surface area contributed by atoms with Gasteiger partial charge >= 0.3 is 6.03 Å². The number of carbonyl (C=O) groups is 1. The Bertz CT molecular complexity index is 837. The van der Waals surface area contributed by atoms with Crippen molar-refractivity contribution < 1.29 is 13.7 Å². The second-order valence-electron chi connectivity index (χ2n) is 4.57. The summed E-state index contributed by atoms with van der Waals surface area (Å²) in [6.07, 6.45) is 3.03. The average Bonchev–Trinajstić information content (AvgIpc) is 3.22. The van der Waals surface area contributed by atoms with Crippen LogP contribution in [-0.2, 0) is 13.1 Å². The van der Waals surface area contributed by atoms with E-state index in [9.17, 15) is 9.59 Å². The molecule has 118 valence electrons. The SMILES string of the molecule is O=C(NCc1ccco1)NCc1nc(-c2cc[nH]c(=O)c2)no1. The standard InChI is InChI=1S/C14H13N5O4/c20-11-6-9(3-4-15-11)13-18-12(23-19-13)8-17-14(21)16-7-10-2-1-5-22-10/h1-6H,7-8H2,(H,15,20)(H2,16,17,21). The Morgan fingerprint density at radius 3 is 2.91 bits per heavy atom. The van der Waals surface area contributed by atoms with E-state index in [2.05, 4.69) is 25.8 Å². The predicted molar refractivity (Wildman–Crippen MR) is 78.1 cm³/mol. The molecule has 0 fully saturated rings. The van der Waals surface area contributed by atoms with Gasteiger partial charge in [-0.05, 0) is 18.2 Å². The molecule has 0 aliphatic heterocycles. The van der Waals surface area contributed by atoms with Crippen LogP contribution in [0.1, 0.15) is 11.7 Å². The number of carbonyl (C=O) groups excluding carboxylic acids is 1. The molecule has 0 saturated heterocycles. The summed E-state index contributed by atoms with van der Waals surface area (Å²) in [5.41, 5.74) is 0.273. The fourth-order valence-corrected chi connectivity index (χ4v) is 1.83. The summed E-state index contributed by atoms with van der Waals surface area (Å²) in [6, 6.07) is 6.12. The fraction of sp³-hybridized carbons (Fsp3) is 0.143. The van der Waals surface area contributed by atoms with Gasteiger partial charge in [0.05, 0.1) is 19.4 Å². The van der Waals surface area contributed by atoms with E-state index in [1.54, 1.807) is 18.2 Å². The van der Waals surface area contributed by atoms with Crippen LogP contribution >= 0.6 is 0 Å². The van der Waals surface area contributed by atoms with Gasteiger partial charge in [0.1, 0.15) is 5.76 Å². The Kier molecular flexibility index (Phi) is 4.18. The topological polar surface area (TPSA) is 126 Å². The number of hydrogen-bond acceptors (Lipinski definition) is 6. The van der Waals surface area contributed by atoms with E-state index in [0.29, 0.717) is 11.3 Å². The van der Waals surface area contributed by atoms with Crippen molar-refractivity contribution in [2.75, 3.05) is 0 Å². The number of nitrogens with one attached hydrogen (secondary N) is 3. The number of aromatic amines is 1. The van der Waals surface area contributed by atoms with Crippen molar-refractivity contribution in [2.24, 2.45) is 0 Å². The smallest absolute Gasteiger partial charge is 0.315 e. The average molecular weight is 315 g/mol.